The van der Waals surface area contributed by atoms with Gasteiger partial charge >= 0.3 is 0 Å². The van der Waals surface area contributed by atoms with E-state index in [0.717, 1.165) is 15.6 Å². The fraction of sp³-hybridized carbons (Fsp3) is 0.231. The van der Waals surface area contributed by atoms with Crippen LogP contribution in [0.1, 0.15) is 11.3 Å². The summed E-state index contributed by atoms with van der Waals surface area (Å²) in [6.07, 6.45) is 0. The van der Waals surface area contributed by atoms with E-state index in [1.165, 1.54) is 35.2 Å². The number of amides is 1. The molecule has 0 fully saturated rings. The Morgan fingerprint density at radius 1 is 1.36 bits per heavy atom. The highest BCUT2D eigenvalue weighted by atomic mass is 32.2. The van der Waals surface area contributed by atoms with E-state index in [9.17, 15) is 13.2 Å². The molecule has 0 unspecified atom stereocenters. The lowest BCUT2D eigenvalue weighted by Crippen LogP contribution is -2.24. The molecule has 2 rings (SSSR count). The number of nitrogens with two attached hydrogens (primary N) is 1. The second kappa shape index (κ2) is 7.23. The second-order valence-electron chi connectivity index (χ2n) is 4.51. The molecule has 9 heteroatoms. The molecule has 0 spiro atoms. The van der Waals surface area contributed by atoms with Crippen LogP contribution >= 0.6 is 23.1 Å². The lowest BCUT2D eigenvalue weighted by molar-refractivity contribution is -0.118. The van der Waals surface area contributed by atoms with Crippen LogP contribution in [0.15, 0.2) is 38.9 Å². The number of carbonyl (C=O) groups is 1. The topological polar surface area (TPSA) is 102 Å². The van der Waals surface area contributed by atoms with E-state index in [2.05, 4.69) is 10.3 Å². The molecule has 2 aromatic rings. The third-order valence-corrected chi connectivity index (χ3v) is 5.73. The third-order valence-electron chi connectivity index (χ3n) is 2.67. The molecule has 0 bridgehead atoms. The molecule has 1 aromatic carbocycles. The maximum Gasteiger partial charge on any atom is 0.238 e. The highest BCUT2D eigenvalue weighted by molar-refractivity contribution is 8.01. The van der Waals surface area contributed by atoms with E-state index < -0.39 is 10.0 Å². The van der Waals surface area contributed by atoms with Gasteiger partial charge in [0, 0.05) is 17.6 Å². The highest BCUT2D eigenvalue weighted by Gasteiger charge is 2.08. The van der Waals surface area contributed by atoms with E-state index in [1.807, 2.05) is 12.3 Å². The maximum atomic E-state index is 11.8. The number of hydrogen-bond acceptors (Lipinski definition) is 6. The second-order valence-corrected chi connectivity index (χ2v) is 8.15. The molecule has 0 aliphatic carbocycles. The Morgan fingerprint density at radius 3 is 2.59 bits per heavy atom. The van der Waals surface area contributed by atoms with Crippen molar-refractivity contribution in [3.05, 3.63) is 40.9 Å². The molecule has 0 aliphatic heterocycles. The number of nitrogens with one attached hydrogen (secondary N) is 1. The summed E-state index contributed by atoms with van der Waals surface area (Å²) < 4.78 is 23.1. The minimum Gasteiger partial charge on any atom is -0.351 e. The number of aryl methyl sites for hydroxylation is 1. The predicted molar refractivity (Wildman–Crippen MR) is 87.2 cm³/mol. The first kappa shape index (κ1) is 16.9. The Bertz CT molecular complexity index is 754. The largest absolute Gasteiger partial charge is 0.351 e. The van der Waals surface area contributed by atoms with Crippen LogP contribution in [-0.4, -0.2) is 25.1 Å². The number of rotatable bonds is 6. The van der Waals surface area contributed by atoms with Gasteiger partial charge in [-0.3, -0.25) is 4.79 Å². The van der Waals surface area contributed by atoms with Crippen LogP contribution in [-0.2, 0) is 21.4 Å². The fourth-order valence-electron chi connectivity index (χ4n) is 1.57. The molecule has 0 radical (unpaired) electrons. The lowest BCUT2D eigenvalue weighted by Gasteiger charge is -2.05. The van der Waals surface area contributed by atoms with Crippen molar-refractivity contribution in [1.82, 2.24) is 10.3 Å². The number of thiazole rings is 1. The van der Waals surface area contributed by atoms with Gasteiger partial charge in [-0.1, -0.05) is 23.9 Å². The van der Waals surface area contributed by atoms with E-state index in [0.29, 0.717) is 12.3 Å². The standard InChI is InChI=1S/C13H15N3O3S3/c1-9-7-20-13(16-9)21-8-12(17)15-6-10-2-4-11(5-3-10)22(14,18)19/h2-5,7H,6,8H2,1H3,(H,15,17)(H2,14,18,19). The highest BCUT2D eigenvalue weighted by Crippen LogP contribution is 2.21. The van der Waals surface area contributed by atoms with Gasteiger partial charge in [-0.2, -0.15) is 0 Å². The quantitative estimate of drug-likeness (QED) is 0.763. The fourth-order valence-corrected chi connectivity index (χ4v) is 3.77. The molecule has 6 nitrogen and oxygen atoms in total. The van der Waals surface area contributed by atoms with Gasteiger partial charge < -0.3 is 5.32 Å². The van der Waals surface area contributed by atoms with Crippen LogP contribution in [0.2, 0.25) is 0 Å². The number of benzene rings is 1. The molecule has 118 valence electrons. The molecule has 22 heavy (non-hydrogen) atoms. The number of hydrogen-bond donors (Lipinski definition) is 2. The van der Waals surface area contributed by atoms with Crippen molar-refractivity contribution < 1.29 is 13.2 Å². The molecule has 1 amide bonds. The van der Waals surface area contributed by atoms with E-state index in [4.69, 9.17) is 5.14 Å². The van der Waals surface area contributed by atoms with Gasteiger partial charge in [0.05, 0.1) is 10.6 Å². The third kappa shape index (κ3) is 5.09. The smallest absolute Gasteiger partial charge is 0.238 e. The monoisotopic (exact) mass is 357 g/mol. The van der Waals surface area contributed by atoms with Crippen LogP contribution in [0.5, 0.6) is 0 Å². The Labute approximate surface area is 137 Å². The van der Waals surface area contributed by atoms with Crippen LogP contribution in [0.25, 0.3) is 0 Å². The average molecular weight is 357 g/mol. The molecule has 0 aliphatic rings. The van der Waals surface area contributed by atoms with Gasteiger partial charge in [0.1, 0.15) is 0 Å². The molecule has 3 N–H and O–H groups in total. The summed E-state index contributed by atoms with van der Waals surface area (Å²) in [4.78, 5) is 16.1. The van der Waals surface area contributed by atoms with Crippen molar-refractivity contribution >= 4 is 39.0 Å². The van der Waals surface area contributed by atoms with Crippen molar-refractivity contribution in [3.8, 4) is 0 Å². The summed E-state index contributed by atoms with van der Waals surface area (Å²) in [5, 5.41) is 9.73. The van der Waals surface area contributed by atoms with E-state index in [-0.39, 0.29) is 10.8 Å². The summed E-state index contributed by atoms with van der Waals surface area (Å²) in [7, 11) is -3.68. The Kier molecular flexibility index (Phi) is 5.57. The van der Waals surface area contributed by atoms with Gasteiger partial charge in [0.15, 0.2) is 4.34 Å². The van der Waals surface area contributed by atoms with Crippen LogP contribution < -0.4 is 10.5 Å². The zero-order valence-corrected chi connectivity index (χ0v) is 14.2. The Hall–Kier alpha value is -1.42. The van der Waals surface area contributed by atoms with E-state index >= 15 is 0 Å². The number of thioether (sulfide) groups is 1. The molecule has 0 atom stereocenters. The zero-order chi connectivity index (χ0) is 16.2. The number of aromatic nitrogens is 1. The van der Waals surface area contributed by atoms with Gasteiger partial charge in [0.2, 0.25) is 15.9 Å². The summed E-state index contributed by atoms with van der Waals surface area (Å²) in [5.41, 5.74) is 1.75. The van der Waals surface area contributed by atoms with Gasteiger partial charge in [-0.15, -0.1) is 11.3 Å². The molecule has 0 saturated carbocycles. The Balaban J connectivity index is 1.81. The molecule has 1 heterocycles. The summed E-state index contributed by atoms with van der Waals surface area (Å²) in [6, 6.07) is 6.09. The maximum absolute atomic E-state index is 11.8. The van der Waals surface area contributed by atoms with Crippen LogP contribution in [0.4, 0.5) is 0 Å². The first-order chi connectivity index (χ1) is 10.3. The molecule has 0 saturated heterocycles. The summed E-state index contributed by atoms with van der Waals surface area (Å²) in [5.74, 6) is 0.191. The first-order valence-electron chi connectivity index (χ1n) is 6.28. The van der Waals surface area contributed by atoms with Crippen molar-refractivity contribution in [2.75, 3.05) is 5.75 Å². The normalized spacial score (nSPS) is 11.4. The van der Waals surface area contributed by atoms with Crippen molar-refractivity contribution in [2.45, 2.75) is 22.7 Å². The van der Waals surface area contributed by atoms with E-state index in [1.54, 1.807) is 12.1 Å². The predicted octanol–water partition coefficient (Wildman–Crippen LogP) is 1.51. The van der Waals surface area contributed by atoms with Gasteiger partial charge in [-0.25, -0.2) is 18.5 Å². The van der Waals surface area contributed by atoms with Crippen LogP contribution in [0, 0.1) is 6.92 Å². The van der Waals surface area contributed by atoms with Gasteiger partial charge in [-0.05, 0) is 24.6 Å². The molecular weight excluding hydrogens is 342 g/mol. The number of primary sulfonamides is 1. The van der Waals surface area contributed by atoms with Crippen molar-refractivity contribution in [2.24, 2.45) is 5.14 Å². The zero-order valence-electron chi connectivity index (χ0n) is 11.8. The van der Waals surface area contributed by atoms with Crippen LogP contribution in [0.3, 0.4) is 0 Å². The SMILES string of the molecule is Cc1csc(SCC(=O)NCc2ccc(S(N)(=O)=O)cc2)n1. The number of carbonyl (C=O) groups excluding carboxylic acids is 1. The minimum absolute atomic E-state index is 0.0530. The lowest BCUT2D eigenvalue weighted by atomic mass is 10.2. The summed E-state index contributed by atoms with van der Waals surface area (Å²) in [6.45, 7) is 2.24. The van der Waals surface area contributed by atoms with Crippen molar-refractivity contribution in [3.63, 3.8) is 0 Å². The van der Waals surface area contributed by atoms with Crippen molar-refractivity contribution in [1.29, 1.82) is 0 Å². The Morgan fingerprint density at radius 2 is 2.05 bits per heavy atom. The average Bonchev–Trinajstić information content (AvgIpc) is 2.88. The number of nitrogens with zero attached hydrogens (tertiary/aromatic N) is 1. The first-order valence-corrected chi connectivity index (χ1v) is 9.69. The molecular formula is C13H15N3O3S3. The summed E-state index contributed by atoms with van der Waals surface area (Å²) >= 11 is 2.90. The van der Waals surface area contributed by atoms with Gasteiger partial charge in [0.25, 0.3) is 0 Å². The molecule has 1 aromatic heterocycles. The number of sulfonamides is 1. The minimum atomic E-state index is -3.68.